The maximum Gasteiger partial charge on any atom is 0.256 e. The van der Waals surface area contributed by atoms with E-state index in [2.05, 4.69) is 10.6 Å². The van der Waals surface area contributed by atoms with Crippen LogP contribution in [0.5, 0.6) is 0 Å². The Bertz CT molecular complexity index is 737. The number of thiophene rings is 1. The van der Waals surface area contributed by atoms with Crippen molar-refractivity contribution in [2.75, 3.05) is 12.4 Å². The molecule has 2 amide bonds. The van der Waals surface area contributed by atoms with Gasteiger partial charge < -0.3 is 10.6 Å². The first-order chi connectivity index (χ1) is 10.6. The first kappa shape index (κ1) is 14.7. The molecule has 2 aromatic rings. The molecule has 1 aliphatic rings. The van der Waals surface area contributed by atoms with Crippen molar-refractivity contribution >= 4 is 28.2 Å². The van der Waals surface area contributed by atoms with Crippen molar-refractivity contribution in [3.63, 3.8) is 0 Å². The maximum atomic E-state index is 12.9. The summed E-state index contributed by atoms with van der Waals surface area (Å²) in [5, 5.41) is 5.98. The van der Waals surface area contributed by atoms with Crippen LogP contribution in [0.2, 0.25) is 0 Å². The molecule has 1 aromatic heterocycles. The Morgan fingerprint density at radius 1 is 1.14 bits per heavy atom. The Morgan fingerprint density at radius 2 is 1.86 bits per heavy atom. The summed E-state index contributed by atoms with van der Waals surface area (Å²) in [6, 6.07) is 5.32. The first-order valence-electron chi connectivity index (χ1n) is 7.03. The Kier molecular flexibility index (Phi) is 3.94. The predicted molar refractivity (Wildman–Crippen MR) is 84.1 cm³/mol. The summed E-state index contributed by atoms with van der Waals surface area (Å²) < 4.78 is 12.9. The van der Waals surface area contributed by atoms with Crippen molar-refractivity contribution in [1.82, 2.24) is 5.32 Å². The molecule has 0 radical (unpaired) electrons. The van der Waals surface area contributed by atoms with E-state index in [1.807, 2.05) is 0 Å². The van der Waals surface area contributed by atoms with Crippen molar-refractivity contribution in [3.8, 4) is 0 Å². The summed E-state index contributed by atoms with van der Waals surface area (Å²) in [4.78, 5) is 25.5. The van der Waals surface area contributed by atoms with Crippen molar-refractivity contribution in [2.45, 2.75) is 19.3 Å². The average Bonchev–Trinajstić information content (AvgIpc) is 3.07. The van der Waals surface area contributed by atoms with Gasteiger partial charge in [0, 0.05) is 17.5 Å². The van der Waals surface area contributed by atoms with Gasteiger partial charge in [0.25, 0.3) is 11.8 Å². The molecule has 6 heteroatoms. The van der Waals surface area contributed by atoms with Gasteiger partial charge in [0.15, 0.2) is 0 Å². The predicted octanol–water partition coefficient (Wildman–Crippen LogP) is 2.99. The van der Waals surface area contributed by atoms with Crippen LogP contribution >= 0.6 is 11.3 Å². The van der Waals surface area contributed by atoms with Gasteiger partial charge in [-0.15, -0.1) is 11.3 Å². The normalized spacial score (nSPS) is 12.8. The van der Waals surface area contributed by atoms with Crippen LogP contribution in [0.15, 0.2) is 24.3 Å². The number of rotatable bonds is 3. The fourth-order valence-electron chi connectivity index (χ4n) is 2.63. The zero-order valence-electron chi connectivity index (χ0n) is 12.0. The molecule has 0 spiro atoms. The molecule has 0 saturated carbocycles. The highest BCUT2D eigenvalue weighted by molar-refractivity contribution is 7.17. The van der Waals surface area contributed by atoms with Crippen LogP contribution in [0, 0.1) is 5.82 Å². The smallest absolute Gasteiger partial charge is 0.256 e. The lowest BCUT2D eigenvalue weighted by Crippen LogP contribution is -2.21. The minimum Gasteiger partial charge on any atom is -0.355 e. The number of hydrogen-bond donors (Lipinski definition) is 2. The van der Waals surface area contributed by atoms with Crippen molar-refractivity contribution in [1.29, 1.82) is 0 Å². The van der Waals surface area contributed by atoms with E-state index >= 15 is 0 Å². The number of benzene rings is 1. The highest BCUT2D eigenvalue weighted by Crippen LogP contribution is 2.39. The molecule has 2 N–H and O–H groups in total. The minimum absolute atomic E-state index is 0.186. The van der Waals surface area contributed by atoms with Gasteiger partial charge in [-0.1, -0.05) is 0 Å². The molecule has 0 atom stereocenters. The number of amides is 2. The van der Waals surface area contributed by atoms with E-state index in [9.17, 15) is 14.0 Å². The third-order valence-corrected chi connectivity index (χ3v) is 4.92. The summed E-state index contributed by atoms with van der Waals surface area (Å²) >= 11 is 1.45. The quantitative estimate of drug-likeness (QED) is 0.914. The summed E-state index contributed by atoms with van der Waals surface area (Å²) in [5.74, 6) is -0.920. The fraction of sp³-hybridized carbons (Fsp3) is 0.250. The molecular formula is C16H15FN2O2S. The summed E-state index contributed by atoms with van der Waals surface area (Å²) in [6.45, 7) is 0. The van der Waals surface area contributed by atoms with E-state index in [0.29, 0.717) is 16.1 Å². The molecule has 1 heterocycles. The SMILES string of the molecule is CNC(=O)c1c(NC(=O)c2ccc(F)cc2)sc2c1CCC2. The number of aryl methyl sites for hydroxylation is 1. The number of carbonyl (C=O) groups is 2. The Labute approximate surface area is 131 Å². The highest BCUT2D eigenvalue weighted by Gasteiger charge is 2.27. The molecule has 4 nitrogen and oxygen atoms in total. The Hall–Kier alpha value is -2.21. The zero-order valence-corrected chi connectivity index (χ0v) is 12.8. The van der Waals surface area contributed by atoms with Gasteiger partial charge in [0.05, 0.1) is 5.56 Å². The molecule has 1 aromatic carbocycles. The topological polar surface area (TPSA) is 58.2 Å². The second-order valence-electron chi connectivity index (χ2n) is 5.10. The molecule has 0 bridgehead atoms. The number of carbonyl (C=O) groups excluding carboxylic acids is 2. The van der Waals surface area contributed by atoms with Crippen molar-refractivity contribution < 1.29 is 14.0 Å². The number of halogens is 1. The van der Waals surface area contributed by atoms with E-state index in [1.165, 1.54) is 35.6 Å². The van der Waals surface area contributed by atoms with E-state index in [-0.39, 0.29) is 11.8 Å². The van der Waals surface area contributed by atoms with Crippen molar-refractivity contribution in [3.05, 3.63) is 51.7 Å². The molecule has 3 rings (SSSR count). The maximum absolute atomic E-state index is 12.9. The van der Waals surface area contributed by atoms with Crippen LogP contribution in [0.3, 0.4) is 0 Å². The van der Waals surface area contributed by atoms with Gasteiger partial charge >= 0.3 is 0 Å². The van der Waals surface area contributed by atoms with Crippen LogP contribution in [0.4, 0.5) is 9.39 Å². The van der Waals surface area contributed by atoms with Crippen LogP contribution in [0.25, 0.3) is 0 Å². The fourth-order valence-corrected chi connectivity index (χ4v) is 3.92. The van der Waals surface area contributed by atoms with Crippen molar-refractivity contribution in [2.24, 2.45) is 0 Å². The van der Waals surface area contributed by atoms with Gasteiger partial charge in [-0.25, -0.2) is 4.39 Å². The Morgan fingerprint density at radius 3 is 2.55 bits per heavy atom. The first-order valence-corrected chi connectivity index (χ1v) is 7.85. The summed E-state index contributed by atoms with van der Waals surface area (Å²) in [5.41, 5.74) is 1.96. The molecule has 22 heavy (non-hydrogen) atoms. The third-order valence-electron chi connectivity index (χ3n) is 3.71. The third kappa shape index (κ3) is 2.62. The zero-order chi connectivity index (χ0) is 15.7. The van der Waals surface area contributed by atoms with Crippen LogP contribution in [-0.4, -0.2) is 18.9 Å². The lowest BCUT2D eigenvalue weighted by atomic mass is 10.1. The molecule has 0 unspecified atom stereocenters. The molecule has 0 aliphatic heterocycles. The van der Waals surface area contributed by atoms with E-state index in [0.717, 1.165) is 29.7 Å². The molecular weight excluding hydrogens is 303 g/mol. The van der Waals surface area contributed by atoms with E-state index in [4.69, 9.17) is 0 Å². The molecule has 114 valence electrons. The second kappa shape index (κ2) is 5.88. The standard InChI is InChI=1S/C16H15FN2O2S/c1-18-15(21)13-11-3-2-4-12(11)22-16(13)19-14(20)9-5-7-10(17)8-6-9/h5-8H,2-4H2,1H3,(H,18,21)(H,19,20). The van der Waals surface area contributed by atoms with Gasteiger partial charge in [-0.05, 0) is 49.1 Å². The minimum atomic E-state index is -0.391. The Balaban J connectivity index is 1.90. The number of nitrogens with one attached hydrogen (secondary N) is 2. The average molecular weight is 318 g/mol. The number of fused-ring (bicyclic) bond motifs is 1. The van der Waals surface area contributed by atoms with Gasteiger partial charge in [0.1, 0.15) is 10.8 Å². The van der Waals surface area contributed by atoms with Gasteiger partial charge in [-0.2, -0.15) is 0 Å². The highest BCUT2D eigenvalue weighted by atomic mass is 32.1. The summed E-state index contributed by atoms with van der Waals surface area (Å²) in [6.07, 6.45) is 2.84. The lowest BCUT2D eigenvalue weighted by molar-refractivity contribution is 0.0963. The molecule has 0 saturated heterocycles. The van der Waals surface area contributed by atoms with Gasteiger partial charge in [0.2, 0.25) is 0 Å². The second-order valence-corrected chi connectivity index (χ2v) is 6.21. The molecule has 0 fully saturated rings. The number of hydrogen-bond acceptors (Lipinski definition) is 3. The largest absolute Gasteiger partial charge is 0.355 e. The van der Waals surface area contributed by atoms with Gasteiger partial charge in [-0.3, -0.25) is 9.59 Å². The monoisotopic (exact) mass is 318 g/mol. The number of anilines is 1. The van der Waals surface area contributed by atoms with E-state index in [1.54, 1.807) is 7.05 Å². The van der Waals surface area contributed by atoms with Crippen LogP contribution < -0.4 is 10.6 Å². The lowest BCUT2D eigenvalue weighted by Gasteiger charge is -2.07. The summed E-state index contributed by atoms with van der Waals surface area (Å²) in [7, 11) is 1.58. The van der Waals surface area contributed by atoms with Crippen LogP contribution in [-0.2, 0) is 12.8 Å². The molecule has 1 aliphatic carbocycles. The van der Waals surface area contributed by atoms with E-state index < -0.39 is 5.82 Å². The van der Waals surface area contributed by atoms with Crippen LogP contribution in [0.1, 0.15) is 37.6 Å².